The zero-order valence-electron chi connectivity index (χ0n) is 36.2. The molecule has 24 heteroatoms. The van der Waals surface area contributed by atoms with E-state index in [9.17, 15) is 71.2 Å². The Kier molecular flexibility index (Phi) is 15.3. The summed E-state index contributed by atoms with van der Waals surface area (Å²) in [6.07, 6.45) is -23.3. The summed E-state index contributed by atoms with van der Waals surface area (Å²) in [7, 11) is 2.55. The first-order chi connectivity index (χ1) is 32.3. The molecule has 0 aliphatic carbocycles. The number of aliphatic hydroxyl groups is 9. The van der Waals surface area contributed by atoms with Crippen LogP contribution < -0.4 is 18.9 Å². The van der Waals surface area contributed by atoms with Gasteiger partial charge in [-0.2, -0.15) is 0 Å². The number of phenols is 4. The molecule has 15 atom stereocenters. The third-order valence-electron chi connectivity index (χ3n) is 11.4. The predicted molar refractivity (Wildman–Crippen MR) is 225 cm³/mol. The number of esters is 1. The summed E-state index contributed by atoms with van der Waals surface area (Å²) >= 11 is 0. The summed E-state index contributed by atoms with van der Waals surface area (Å²) in [4.78, 5) is 12.7. The molecule has 4 aromatic rings. The fourth-order valence-electron chi connectivity index (χ4n) is 7.63. The van der Waals surface area contributed by atoms with Crippen molar-refractivity contribution in [2.45, 2.75) is 99.0 Å². The Morgan fingerprint density at radius 2 is 1.29 bits per heavy atom. The molecule has 13 N–H and O–H groups in total. The third-order valence-corrected chi connectivity index (χ3v) is 11.4. The number of aliphatic hydroxyl groups excluding tert-OH is 9. The second-order valence-electron chi connectivity index (χ2n) is 16.0. The van der Waals surface area contributed by atoms with E-state index in [4.69, 9.17) is 47.0 Å². The summed E-state index contributed by atoms with van der Waals surface area (Å²) in [5.41, 5.74) is 0.252. The van der Waals surface area contributed by atoms with E-state index in [1.165, 1.54) is 57.6 Å². The first-order valence-electron chi connectivity index (χ1n) is 20.8. The fourth-order valence-corrected chi connectivity index (χ4v) is 7.63. The number of ether oxygens (including phenoxy) is 9. The zero-order valence-corrected chi connectivity index (χ0v) is 36.2. The third kappa shape index (κ3) is 10.3. The van der Waals surface area contributed by atoms with Gasteiger partial charge in [0.25, 0.3) is 0 Å². The van der Waals surface area contributed by atoms with Crippen molar-refractivity contribution in [1.29, 1.82) is 0 Å². The van der Waals surface area contributed by atoms with Crippen LogP contribution in [0.5, 0.6) is 46.0 Å². The van der Waals surface area contributed by atoms with Gasteiger partial charge in [-0.05, 0) is 30.7 Å². The zero-order chi connectivity index (χ0) is 49.3. The van der Waals surface area contributed by atoms with Crippen molar-refractivity contribution in [2.24, 2.45) is 0 Å². The maximum Gasteiger partial charge on any atom is 0.402 e. The van der Waals surface area contributed by atoms with Gasteiger partial charge in [-0.25, -0.2) is 9.21 Å². The molecule has 3 aliphatic heterocycles. The highest BCUT2D eigenvalue weighted by molar-refractivity contribution is 5.89. The first-order valence-corrected chi connectivity index (χ1v) is 20.8. The van der Waals surface area contributed by atoms with Crippen LogP contribution >= 0.6 is 0 Å². The largest absolute Gasteiger partial charge is 0.507 e. The molecule has 1 aromatic heterocycles. The number of rotatable bonds is 14. The van der Waals surface area contributed by atoms with Crippen LogP contribution in [0.4, 0.5) is 0 Å². The van der Waals surface area contributed by atoms with Crippen molar-refractivity contribution < 1.29 is 118 Å². The van der Waals surface area contributed by atoms with Gasteiger partial charge in [-0.15, -0.1) is 0 Å². The molecule has 3 aromatic carbocycles. The van der Waals surface area contributed by atoms with Crippen LogP contribution in [0.2, 0.25) is 0 Å². The number of methoxy groups -OCH3 is 2. The monoisotopic (exact) mass is 963 g/mol. The summed E-state index contributed by atoms with van der Waals surface area (Å²) in [6.45, 7) is -0.0526. The molecule has 6 unspecified atom stereocenters. The highest BCUT2D eigenvalue weighted by atomic mass is 16.7. The highest BCUT2D eigenvalue weighted by Crippen LogP contribution is 2.46. The summed E-state index contributed by atoms with van der Waals surface area (Å²) in [6, 6.07) is 9.97. The minimum Gasteiger partial charge on any atom is -0.507 e. The quantitative estimate of drug-likeness (QED) is 0.0302. The van der Waals surface area contributed by atoms with Crippen molar-refractivity contribution in [2.75, 3.05) is 27.4 Å². The number of carbonyl (C=O) groups is 1. The van der Waals surface area contributed by atoms with E-state index in [-0.39, 0.29) is 51.0 Å². The number of phenolic OH excluding ortho intramolecular Hbond substituents is 4. The molecular formula is C44H51O24+. The SMILES string of the molecule is COc1cc(/C=C/C(=O)O[C@H]2C(C)O[C@@H](OCC3O[C@@H](Oc4cc5c(O[C@@H]6OC(CO)[C@@H](O)[C@H](O)C6O)cc(O)cc5[o+]c4-c4cc(O)c(O)c(OC)c4)C(O)[C@@H](O)[C@@H]3O)[C@@H](O)C2O)ccc1O. The molecular weight excluding hydrogens is 912 g/mol. The van der Waals surface area contributed by atoms with Gasteiger partial charge in [-0.3, -0.25) is 0 Å². The Hall–Kier alpha value is -5.84. The van der Waals surface area contributed by atoms with E-state index in [1.54, 1.807) is 0 Å². The van der Waals surface area contributed by atoms with Gasteiger partial charge in [0.15, 0.2) is 35.4 Å². The number of fused-ring (bicyclic) bond motifs is 1. The lowest BCUT2D eigenvalue weighted by molar-refractivity contribution is -0.319. The van der Waals surface area contributed by atoms with Crippen LogP contribution in [0.1, 0.15) is 12.5 Å². The minimum absolute atomic E-state index is 0.0475. The molecule has 0 bridgehead atoms. The Labute approximate surface area is 384 Å². The number of aromatic hydroxyl groups is 4. The number of hydrogen-bond donors (Lipinski definition) is 13. The van der Waals surface area contributed by atoms with Crippen molar-refractivity contribution >= 4 is 23.0 Å². The standard InChI is InChI=1S/C44H50O24/c1-16-40(68-30(49)7-5-17-4-6-21(47)25(8-17)59-2)36(55)39(58)42(62-16)61-15-29-33(52)35(54)38(57)44(67-29)65-27-13-20-23(63-41(27)18-9-22(48)31(50)26(10-18)60-3)11-19(46)12-24(20)64-43-37(56)34(53)32(51)28(14-45)66-43/h4-13,16,28-29,32-40,42-45,51-58H,14-15H2,1-3H3,(H3-,46,47,48,49,50)/p+1/t16?,28?,29?,32-,33-,34+,35+,36?,37?,38?,39+,40+,42-,43-,44-/m1/s1. The van der Waals surface area contributed by atoms with Gasteiger partial charge in [-0.1, -0.05) is 6.07 Å². The second kappa shape index (κ2) is 20.8. The van der Waals surface area contributed by atoms with Crippen molar-refractivity contribution in [3.8, 4) is 57.3 Å². The van der Waals surface area contributed by atoms with Crippen LogP contribution in [0.25, 0.3) is 28.4 Å². The number of benzene rings is 3. The second-order valence-corrected chi connectivity index (χ2v) is 16.0. The Bertz CT molecular complexity index is 2450. The van der Waals surface area contributed by atoms with Crippen molar-refractivity contribution in [3.05, 3.63) is 60.2 Å². The van der Waals surface area contributed by atoms with Gasteiger partial charge in [0.1, 0.15) is 77.9 Å². The van der Waals surface area contributed by atoms with Crippen molar-refractivity contribution in [3.63, 3.8) is 0 Å². The van der Waals surface area contributed by atoms with Gasteiger partial charge in [0.05, 0.1) is 45.2 Å². The fraction of sp³-hybridized carbons (Fsp3) is 0.455. The molecule has 3 fully saturated rings. The molecule has 0 spiro atoms. The molecule has 68 heavy (non-hydrogen) atoms. The predicted octanol–water partition coefficient (Wildman–Crippen LogP) is -1.31. The maximum absolute atomic E-state index is 12.7. The lowest BCUT2D eigenvalue weighted by atomic mass is 9.98. The summed E-state index contributed by atoms with van der Waals surface area (Å²) in [5.74, 6) is -3.89. The number of hydrogen-bond acceptors (Lipinski definition) is 23. The van der Waals surface area contributed by atoms with E-state index < -0.39 is 129 Å². The van der Waals surface area contributed by atoms with Crippen LogP contribution in [0.15, 0.2) is 59.0 Å². The average molecular weight is 964 g/mol. The smallest absolute Gasteiger partial charge is 0.402 e. The van der Waals surface area contributed by atoms with E-state index in [0.29, 0.717) is 5.56 Å². The molecule has 4 heterocycles. The van der Waals surface area contributed by atoms with Crippen molar-refractivity contribution in [1.82, 2.24) is 0 Å². The summed E-state index contributed by atoms with van der Waals surface area (Å²) in [5, 5.41) is 138. The van der Waals surface area contributed by atoms with Crippen LogP contribution in [-0.2, 0) is 28.5 Å². The molecule has 0 radical (unpaired) electrons. The average Bonchev–Trinajstić information content (AvgIpc) is 3.32. The van der Waals surface area contributed by atoms with Gasteiger partial charge >= 0.3 is 17.3 Å². The van der Waals surface area contributed by atoms with E-state index in [1.807, 2.05) is 0 Å². The molecule has 7 rings (SSSR count). The molecule has 370 valence electrons. The normalized spacial score (nSPS) is 31.9. The van der Waals surface area contributed by atoms with Gasteiger partial charge in [0, 0.05) is 30.3 Å². The Balaban J connectivity index is 1.12. The highest BCUT2D eigenvalue weighted by Gasteiger charge is 2.50. The molecule has 0 saturated carbocycles. The number of carbonyl (C=O) groups excluding carboxylic acids is 1. The summed E-state index contributed by atoms with van der Waals surface area (Å²) < 4.78 is 56.5. The van der Waals surface area contributed by atoms with E-state index >= 15 is 0 Å². The van der Waals surface area contributed by atoms with Gasteiger partial charge < -0.3 is 109 Å². The first kappa shape index (κ1) is 50.0. The van der Waals surface area contributed by atoms with E-state index in [2.05, 4.69) is 0 Å². The molecule has 3 saturated heterocycles. The Morgan fingerprint density at radius 3 is 1.96 bits per heavy atom. The molecule has 0 amide bonds. The van der Waals surface area contributed by atoms with Crippen LogP contribution in [0, 0.1) is 0 Å². The minimum atomic E-state index is -2.02. The van der Waals surface area contributed by atoms with Crippen LogP contribution in [0.3, 0.4) is 0 Å². The lowest BCUT2D eigenvalue weighted by Crippen LogP contribution is -2.62. The topological polar surface area (TPSA) is 374 Å². The van der Waals surface area contributed by atoms with Gasteiger partial charge in [0.2, 0.25) is 24.1 Å². The Morgan fingerprint density at radius 1 is 0.662 bits per heavy atom. The van der Waals surface area contributed by atoms with E-state index in [0.717, 1.165) is 24.3 Å². The van der Waals surface area contributed by atoms with Crippen LogP contribution in [-0.4, -0.2) is 192 Å². The molecule has 3 aliphatic rings. The maximum atomic E-state index is 12.7. The molecule has 24 nitrogen and oxygen atoms in total. The lowest BCUT2D eigenvalue weighted by Gasteiger charge is -2.42.